The Morgan fingerprint density at radius 2 is 1.85 bits per heavy atom. The second kappa shape index (κ2) is 8.96. The highest BCUT2D eigenvalue weighted by Gasteiger charge is 2.30. The van der Waals surface area contributed by atoms with Crippen molar-refractivity contribution in [3.8, 4) is 5.75 Å². The van der Waals surface area contributed by atoms with Gasteiger partial charge in [-0.15, -0.1) is 0 Å². The molecule has 0 saturated carbocycles. The molecule has 0 aliphatic heterocycles. The van der Waals surface area contributed by atoms with Gasteiger partial charge < -0.3 is 10.4 Å². The molecule has 0 bridgehead atoms. The number of nitrogens with one attached hydrogen (secondary N) is 1. The molecule has 4 rings (SSSR count). The number of hydrogen-bond acceptors (Lipinski definition) is 5. The molecule has 174 valence electrons. The van der Waals surface area contributed by atoms with Crippen molar-refractivity contribution in [3.63, 3.8) is 0 Å². The molecule has 0 aliphatic carbocycles. The summed E-state index contributed by atoms with van der Waals surface area (Å²) in [6, 6.07) is 10.3. The van der Waals surface area contributed by atoms with E-state index in [1.54, 1.807) is 12.1 Å². The number of benzene rings is 2. The molecule has 0 saturated heterocycles. The number of pyridine rings is 1. The van der Waals surface area contributed by atoms with Crippen LogP contribution in [0.4, 0.5) is 18.9 Å². The van der Waals surface area contributed by atoms with Gasteiger partial charge in [0.15, 0.2) is 10.9 Å². The van der Waals surface area contributed by atoms with E-state index in [9.17, 15) is 27.9 Å². The fourth-order valence-corrected chi connectivity index (χ4v) is 3.67. The van der Waals surface area contributed by atoms with Gasteiger partial charge in [0.1, 0.15) is 5.69 Å². The van der Waals surface area contributed by atoms with Crippen molar-refractivity contribution in [1.29, 1.82) is 0 Å². The van der Waals surface area contributed by atoms with Crippen LogP contribution in [-0.2, 0) is 12.7 Å². The van der Waals surface area contributed by atoms with Crippen LogP contribution in [0, 0.1) is 0 Å². The number of halogens is 5. The lowest BCUT2D eigenvalue weighted by Crippen LogP contribution is -2.23. The van der Waals surface area contributed by atoms with Crippen LogP contribution in [0.2, 0.25) is 10.2 Å². The predicted molar refractivity (Wildman–Crippen MR) is 120 cm³/mol. The number of carbonyl (C=O) groups excluding carboxylic acids is 1. The predicted octanol–water partition coefficient (Wildman–Crippen LogP) is 5.12. The molecule has 34 heavy (non-hydrogen) atoms. The Hall–Kier alpha value is -3.63. The number of alkyl halides is 3. The molecule has 2 heterocycles. The summed E-state index contributed by atoms with van der Waals surface area (Å²) in [7, 11) is 0. The molecular weight excluding hydrogens is 496 g/mol. The summed E-state index contributed by atoms with van der Waals surface area (Å²) in [5.74, 6) is -1.24. The maximum atomic E-state index is 13.2. The topological polar surface area (TPSA) is 97.1 Å². The summed E-state index contributed by atoms with van der Waals surface area (Å²) in [6.45, 7) is -0.168. The standard InChI is InChI=1S/C22H13Cl2F3N4O3/c23-13-8-16(29-19(24)18(13)32)20(33)30-15-6-2-5-14-17(15)21(34)31(10-28-14)9-11-3-1-4-12(7-11)22(25,26)27/h1-8,10,32H,9H2,(H,30,33). The summed E-state index contributed by atoms with van der Waals surface area (Å²) in [5.41, 5.74) is -1.01. The first kappa shape index (κ1) is 23.5. The fraction of sp³-hybridized carbons (Fsp3) is 0.0909. The third kappa shape index (κ3) is 4.68. The van der Waals surface area contributed by atoms with Crippen molar-refractivity contribution in [2.24, 2.45) is 0 Å². The van der Waals surface area contributed by atoms with E-state index in [1.165, 1.54) is 24.5 Å². The van der Waals surface area contributed by atoms with Gasteiger partial charge in [0.05, 0.1) is 40.0 Å². The van der Waals surface area contributed by atoms with Gasteiger partial charge >= 0.3 is 6.18 Å². The lowest BCUT2D eigenvalue weighted by atomic mass is 10.1. The molecule has 0 atom stereocenters. The van der Waals surface area contributed by atoms with E-state index in [-0.39, 0.29) is 44.6 Å². The van der Waals surface area contributed by atoms with Gasteiger partial charge in [0.2, 0.25) is 0 Å². The zero-order chi connectivity index (χ0) is 24.6. The minimum Gasteiger partial charge on any atom is -0.504 e. The lowest BCUT2D eigenvalue weighted by Gasteiger charge is -2.12. The van der Waals surface area contributed by atoms with Gasteiger partial charge in [-0.1, -0.05) is 41.4 Å². The molecule has 0 fully saturated rings. The third-order valence-electron chi connectivity index (χ3n) is 4.85. The molecule has 0 unspecified atom stereocenters. The van der Waals surface area contributed by atoms with E-state index in [1.807, 2.05) is 0 Å². The Bertz CT molecular complexity index is 1470. The van der Waals surface area contributed by atoms with Crippen LogP contribution in [-0.4, -0.2) is 25.5 Å². The normalized spacial score (nSPS) is 11.6. The largest absolute Gasteiger partial charge is 0.504 e. The highest BCUT2D eigenvalue weighted by molar-refractivity contribution is 6.36. The first-order chi connectivity index (χ1) is 16.0. The highest BCUT2D eigenvalue weighted by atomic mass is 35.5. The van der Waals surface area contributed by atoms with Gasteiger partial charge in [-0.05, 0) is 35.9 Å². The maximum Gasteiger partial charge on any atom is 0.416 e. The average molecular weight is 509 g/mol. The summed E-state index contributed by atoms with van der Waals surface area (Å²) in [6.07, 6.45) is -3.30. The summed E-state index contributed by atoms with van der Waals surface area (Å²) < 4.78 is 40.2. The fourth-order valence-electron chi connectivity index (χ4n) is 3.24. The van der Waals surface area contributed by atoms with Crippen LogP contribution >= 0.6 is 23.2 Å². The van der Waals surface area contributed by atoms with Crippen LogP contribution in [0.3, 0.4) is 0 Å². The molecule has 1 amide bonds. The first-order valence-corrected chi connectivity index (χ1v) is 10.3. The Morgan fingerprint density at radius 3 is 2.56 bits per heavy atom. The Labute approximate surface area is 199 Å². The third-order valence-corrected chi connectivity index (χ3v) is 5.40. The molecule has 7 nitrogen and oxygen atoms in total. The zero-order valence-electron chi connectivity index (χ0n) is 16.9. The minimum absolute atomic E-state index is 0.0429. The lowest BCUT2D eigenvalue weighted by molar-refractivity contribution is -0.137. The highest BCUT2D eigenvalue weighted by Crippen LogP contribution is 2.31. The summed E-state index contributed by atoms with van der Waals surface area (Å²) in [5, 5.41) is 11.6. The SMILES string of the molecule is O=C(Nc1cccc2ncn(Cc3cccc(C(F)(F)F)c3)c(=O)c12)c1cc(Cl)c(O)c(Cl)n1. The van der Waals surface area contributed by atoms with Crippen molar-refractivity contribution in [2.75, 3.05) is 5.32 Å². The first-order valence-electron chi connectivity index (χ1n) is 9.55. The van der Waals surface area contributed by atoms with Crippen molar-refractivity contribution in [1.82, 2.24) is 14.5 Å². The van der Waals surface area contributed by atoms with Gasteiger partial charge in [0.25, 0.3) is 11.5 Å². The quantitative estimate of drug-likeness (QED) is 0.372. The Balaban J connectivity index is 1.71. The minimum atomic E-state index is -4.52. The number of nitrogens with zero attached hydrogens (tertiary/aromatic N) is 3. The number of carbonyl (C=O) groups is 1. The Morgan fingerprint density at radius 1 is 1.12 bits per heavy atom. The van der Waals surface area contributed by atoms with E-state index < -0.39 is 29.0 Å². The van der Waals surface area contributed by atoms with Crippen LogP contribution in [0.15, 0.2) is 59.7 Å². The maximum absolute atomic E-state index is 13.2. The Kier molecular flexibility index (Phi) is 6.20. The number of aromatic hydroxyl groups is 1. The molecule has 0 radical (unpaired) electrons. The van der Waals surface area contributed by atoms with Crippen molar-refractivity contribution >= 4 is 45.7 Å². The number of rotatable bonds is 4. The molecule has 2 aromatic carbocycles. The van der Waals surface area contributed by atoms with Gasteiger partial charge in [-0.25, -0.2) is 9.97 Å². The van der Waals surface area contributed by atoms with E-state index in [0.717, 1.165) is 22.8 Å². The summed E-state index contributed by atoms with van der Waals surface area (Å²) in [4.78, 5) is 33.8. The monoisotopic (exact) mass is 508 g/mol. The molecular formula is C22H13Cl2F3N4O3. The van der Waals surface area contributed by atoms with E-state index in [2.05, 4.69) is 15.3 Å². The number of hydrogen-bond donors (Lipinski definition) is 2. The molecule has 12 heteroatoms. The summed E-state index contributed by atoms with van der Waals surface area (Å²) >= 11 is 11.6. The van der Waals surface area contributed by atoms with E-state index in [0.29, 0.717) is 0 Å². The second-order valence-electron chi connectivity index (χ2n) is 7.16. The van der Waals surface area contributed by atoms with Crippen LogP contribution in [0.25, 0.3) is 10.9 Å². The van der Waals surface area contributed by atoms with Gasteiger partial charge in [-0.3, -0.25) is 14.2 Å². The molecule has 2 aromatic heterocycles. The molecule has 0 aliphatic rings. The molecule has 4 aromatic rings. The number of anilines is 1. The zero-order valence-corrected chi connectivity index (χ0v) is 18.4. The van der Waals surface area contributed by atoms with Crippen LogP contribution in [0.5, 0.6) is 5.75 Å². The molecule has 2 N–H and O–H groups in total. The van der Waals surface area contributed by atoms with Crippen molar-refractivity contribution in [3.05, 3.63) is 92.2 Å². The number of fused-ring (bicyclic) bond motifs is 1. The van der Waals surface area contributed by atoms with Crippen molar-refractivity contribution < 1.29 is 23.1 Å². The molecule has 0 spiro atoms. The number of aromatic nitrogens is 3. The van der Waals surface area contributed by atoms with Crippen LogP contribution < -0.4 is 10.9 Å². The van der Waals surface area contributed by atoms with Crippen LogP contribution in [0.1, 0.15) is 21.6 Å². The van der Waals surface area contributed by atoms with E-state index >= 15 is 0 Å². The van der Waals surface area contributed by atoms with Gasteiger partial charge in [0, 0.05) is 0 Å². The average Bonchev–Trinajstić information content (AvgIpc) is 2.78. The van der Waals surface area contributed by atoms with Crippen molar-refractivity contribution in [2.45, 2.75) is 12.7 Å². The van der Waals surface area contributed by atoms with Gasteiger partial charge in [-0.2, -0.15) is 13.2 Å². The number of amides is 1. The second-order valence-corrected chi connectivity index (χ2v) is 7.92. The smallest absolute Gasteiger partial charge is 0.416 e. The van der Waals surface area contributed by atoms with E-state index in [4.69, 9.17) is 23.2 Å².